The first-order valence-electron chi connectivity index (χ1n) is 9.16. The Labute approximate surface area is 169 Å². The van der Waals surface area contributed by atoms with Crippen LogP contribution < -0.4 is 10.0 Å². The molecule has 0 atom stereocenters. The van der Waals surface area contributed by atoms with Crippen LogP contribution in [0.15, 0.2) is 47.5 Å². The van der Waals surface area contributed by atoms with Gasteiger partial charge in [-0.1, -0.05) is 6.92 Å². The molecule has 3 rings (SSSR count). The summed E-state index contributed by atoms with van der Waals surface area (Å²) < 4.78 is 31.8. The Morgan fingerprint density at radius 3 is 2.48 bits per heavy atom. The molecule has 2 aromatic heterocycles. The average Bonchev–Trinajstić information content (AvgIpc) is 2.68. The van der Waals surface area contributed by atoms with Gasteiger partial charge in [0.05, 0.1) is 17.2 Å². The number of nitrogens with zero attached hydrogens (tertiary/aromatic N) is 2. The third-order valence-corrected chi connectivity index (χ3v) is 5.69. The second-order valence-electron chi connectivity index (χ2n) is 6.24. The number of ether oxygens (including phenoxy) is 1. The van der Waals surface area contributed by atoms with Gasteiger partial charge in [0, 0.05) is 29.5 Å². The minimum Gasteiger partial charge on any atom is -0.462 e. The van der Waals surface area contributed by atoms with Crippen molar-refractivity contribution in [2.24, 2.45) is 0 Å². The number of hydrogen-bond acceptors (Lipinski definition) is 7. The molecule has 0 radical (unpaired) electrons. The fraction of sp³-hybridized carbons (Fsp3) is 0.250. The predicted molar refractivity (Wildman–Crippen MR) is 111 cm³/mol. The Balaban J connectivity index is 2.04. The highest BCUT2D eigenvalue weighted by atomic mass is 32.2. The molecule has 0 unspecified atom stereocenters. The molecule has 29 heavy (non-hydrogen) atoms. The summed E-state index contributed by atoms with van der Waals surface area (Å²) in [5.41, 5.74) is 2.68. The van der Waals surface area contributed by atoms with E-state index in [1.54, 1.807) is 26.0 Å². The Bertz CT molecular complexity index is 1150. The molecule has 0 aliphatic rings. The lowest BCUT2D eigenvalue weighted by Gasteiger charge is -2.14. The summed E-state index contributed by atoms with van der Waals surface area (Å²) >= 11 is 0. The number of esters is 1. The quantitative estimate of drug-likeness (QED) is 0.571. The second-order valence-corrected chi connectivity index (χ2v) is 8.01. The van der Waals surface area contributed by atoms with Crippen molar-refractivity contribution < 1.29 is 17.9 Å². The lowest BCUT2D eigenvalue weighted by Crippen LogP contribution is -2.22. The summed E-state index contributed by atoms with van der Waals surface area (Å²) in [5.74, 6) is -0.503. The van der Waals surface area contributed by atoms with Crippen molar-refractivity contribution in [3.63, 3.8) is 0 Å². The number of nitrogens with one attached hydrogen (secondary N) is 2. The van der Waals surface area contributed by atoms with Crippen LogP contribution in [0.4, 0.5) is 11.4 Å². The van der Waals surface area contributed by atoms with Crippen molar-refractivity contribution in [3.8, 4) is 0 Å². The van der Waals surface area contributed by atoms with Gasteiger partial charge in [-0.15, -0.1) is 0 Å². The number of benzene rings is 1. The average molecular weight is 414 g/mol. The zero-order chi connectivity index (χ0) is 21.0. The van der Waals surface area contributed by atoms with Crippen LogP contribution in [0.3, 0.4) is 0 Å². The van der Waals surface area contributed by atoms with E-state index in [1.165, 1.54) is 18.3 Å². The summed E-state index contributed by atoms with van der Waals surface area (Å²) in [4.78, 5) is 21.2. The van der Waals surface area contributed by atoms with Gasteiger partial charge in [-0.2, -0.15) is 0 Å². The maximum absolute atomic E-state index is 12.4. The van der Waals surface area contributed by atoms with Gasteiger partial charge < -0.3 is 10.1 Å². The van der Waals surface area contributed by atoms with Crippen LogP contribution in [-0.4, -0.2) is 37.5 Å². The topological polar surface area (TPSA) is 110 Å². The van der Waals surface area contributed by atoms with E-state index in [1.807, 2.05) is 19.1 Å². The second kappa shape index (κ2) is 8.54. The first kappa shape index (κ1) is 20.7. The van der Waals surface area contributed by atoms with Crippen molar-refractivity contribution in [2.45, 2.75) is 25.7 Å². The van der Waals surface area contributed by atoms with E-state index < -0.39 is 16.0 Å². The van der Waals surface area contributed by atoms with Crippen molar-refractivity contribution in [2.75, 3.05) is 18.5 Å². The lowest BCUT2D eigenvalue weighted by atomic mass is 10.1. The fourth-order valence-corrected chi connectivity index (χ4v) is 3.85. The molecule has 3 aromatic rings. The Kier molecular flexibility index (Phi) is 6.09. The Hall–Kier alpha value is -3.04. The number of aryl methyl sites for hydroxylation is 1. The molecule has 152 valence electrons. The lowest BCUT2D eigenvalue weighted by molar-refractivity contribution is 0.0527. The molecule has 0 saturated heterocycles. The summed E-state index contributed by atoms with van der Waals surface area (Å²) in [6, 6.07) is 9.92. The fourth-order valence-electron chi connectivity index (χ4n) is 2.81. The number of sulfonamides is 1. The Morgan fingerprint density at radius 1 is 1.10 bits per heavy atom. The number of anilines is 2. The van der Waals surface area contributed by atoms with E-state index in [0.29, 0.717) is 29.0 Å². The van der Waals surface area contributed by atoms with Gasteiger partial charge in [0.2, 0.25) is 10.0 Å². The number of rotatable bonds is 7. The molecular weight excluding hydrogens is 392 g/mol. The molecule has 0 spiro atoms. The maximum Gasteiger partial charge on any atom is 0.341 e. The highest BCUT2D eigenvalue weighted by Crippen LogP contribution is 2.29. The molecule has 9 heteroatoms. The van der Waals surface area contributed by atoms with Crippen molar-refractivity contribution in [1.82, 2.24) is 14.7 Å². The third kappa shape index (κ3) is 4.52. The molecule has 0 fully saturated rings. The minimum absolute atomic E-state index is 0.160. The predicted octanol–water partition coefficient (Wildman–Crippen LogP) is 3.16. The molecule has 0 aliphatic carbocycles. The van der Waals surface area contributed by atoms with E-state index >= 15 is 0 Å². The molecule has 0 aliphatic heterocycles. The molecule has 8 nitrogen and oxygen atoms in total. The molecule has 0 bridgehead atoms. The molecule has 0 amide bonds. The van der Waals surface area contributed by atoms with Gasteiger partial charge in [-0.3, -0.25) is 0 Å². The molecule has 0 saturated carbocycles. The van der Waals surface area contributed by atoms with Gasteiger partial charge in [-0.05, 0) is 50.2 Å². The highest BCUT2D eigenvalue weighted by Gasteiger charge is 2.18. The number of pyridine rings is 2. The largest absolute Gasteiger partial charge is 0.462 e. The zero-order valence-corrected chi connectivity index (χ0v) is 17.2. The number of carbonyl (C=O) groups is 1. The minimum atomic E-state index is -3.54. The van der Waals surface area contributed by atoms with Crippen LogP contribution in [-0.2, 0) is 14.8 Å². The summed E-state index contributed by atoms with van der Waals surface area (Å²) in [7, 11) is -3.54. The van der Waals surface area contributed by atoms with Crippen molar-refractivity contribution in [3.05, 3.63) is 53.9 Å². The SMILES string of the molecule is CCNS(=O)(=O)c1ccc(Nc2c(C(=O)OCC)cnc3nc(C)ccc23)cc1. The van der Waals surface area contributed by atoms with E-state index in [-0.39, 0.29) is 17.1 Å². The summed E-state index contributed by atoms with van der Waals surface area (Å²) in [6.07, 6.45) is 1.43. The van der Waals surface area contributed by atoms with E-state index in [2.05, 4.69) is 20.0 Å². The van der Waals surface area contributed by atoms with E-state index in [9.17, 15) is 13.2 Å². The summed E-state index contributed by atoms with van der Waals surface area (Å²) in [6.45, 7) is 5.85. The van der Waals surface area contributed by atoms with E-state index in [0.717, 1.165) is 5.69 Å². The third-order valence-electron chi connectivity index (χ3n) is 4.13. The van der Waals surface area contributed by atoms with Gasteiger partial charge in [-0.25, -0.2) is 27.9 Å². The van der Waals surface area contributed by atoms with Gasteiger partial charge >= 0.3 is 5.97 Å². The van der Waals surface area contributed by atoms with Gasteiger partial charge in [0.15, 0.2) is 5.65 Å². The first-order chi connectivity index (χ1) is 13.9. The summed E-state index contributed by atoms with van der Waals surface area (Å²) in [5, 5.41) is 3.85. The molecular formula is C20H22N4O4S. The first-order valence-corrected chi connectivity index (χ1v) is 10.6. The normalized spacial score (nSPS) is 11.4. The number of aromatic nitrogens is 2. The van der Waals surface area contributed by atoms with Crippen LogP contribution >= 0.6 is 0 Å². The van der Waals surface area contributed by atoms with Crippen LogP contribution in [0.5, 0.6) is 0 Å². The smallest absolute Gasteiger partial charge is 0.341 e. The zero-order valence-electron chi connectivity index (χ0n) is 16.4. The number of carbonyl (C=O) groups excluding carboxylic acids is 1. The van der Waals surface area contributed by atoms with Crippen LogP contribution in [0.1, 0.15) is 29.9 Å². The van der Waals surface area contributed by atoms with Gasteiger partial charge in [0.1, 0.15) is 5.56 Å². The number of fused-ring (bicyclic) bond motifs is 1. The van der Waals surface area contributed by atoms with Gasteiger partial charge in [0.25, 0.3) is 0 Å². The van der Waals surface area contributed by atoms with Crippen LogP contribution in [0.25, 0.3) is 11.0 Å². The van der Waals surface area contributed by atoms with Crippen LogP contribution in [0, 0.1) is 6.92 Å². The maximum atomic E-state index is 12.4. The standard InChI is InChI=1S/C20H22N4O4S/c1-4-22-29(26,27)15-9-7-14(8-10-15)24-18-16-11-6-13(3)23-19(16)21-12-17(18)20(25)28-5-2/h6-12,22H,4-5H2,1-3H3,(H,21,23,24). The van der Waals surface area contributed by atoms with E-state index in [4.69, 9.17) is 4.74 Å². The van der Waals surface area contributed by atoms with Crippen LogP contribution in [0.2, 0.25) is 0 Å². The molecule has 2 heterocycles. The molecule has 1 aromatic carbocycles. The highest BCUT2D eigenvalue weighted by molar-refractivity contribution is 7.89. The number of hydrogen-bond donors (Lipinski definition) is 2. The van der Waals surface area contributed by atoms with Crippen molar-refractivity contribution in [1.29, 1.82) is 0 Å². The van der Waals surface area contributed by atoms with Crippen molar-refractivity contribution >= 4 is 38.4 Å². The Morgan fingerprint density at radius 2 is 1.83 bits per heavy atom. The monoisotopic (exact) mass is 414 g/mol. The molecule has 2 N–H and O–H groups in total.